The zero-order chi connectivity index (χ0) is 20.9. The third-order valence-electron chi connectivity index (χ3n) is 5.93. The number of carbonyl (C=O) groups is 4. The van der Waals surface area contributed by atoms with Gasteiger partial charge in [-0.3, -0.25) is 34.9 Å². The summed E-state index contributed by atoms with van der Waals surface area (Å²) in [5.74, 6) is -1.43. The van der Waals surface area contributed by atoms with E-state index in [0.717, 1.165) is 0 Å². The number of hydrogen-bond donors (Lipinski definition) is 2. The van der Waals surface area contributed by atoms with Gasteiger partial charge in [-0.25, -0.2) is 0 Å². The highest BCUT2D eigenvalue weighted by atomic mass is 35.5. The maximum atomic E-state index is 12.9. The van der Waals surface area contributed by atoms with Gasteiger partial charge in [-0.1, -0.05) is 32.4 Å². The molecule has 3 rings (SSSR count). The van der Waals surface area contributed by atoms with Gasteiger partial charge in [-0.05, 0) is 43.5 Å². The van der Waals surface area contributed by atoms with Crippen molar-refractivity contribution in [3.8, 4) is 0 Å². The molecule has 1 heterocycles. The highest BCUT2D eigenvalue weighted by Crippen LogP contribution is 2.58. The van der Waals surface area contributed by atoms with Crippen LogP contribution in [0.2, 0.25) is 5.02 Å². The lowest BCUT2D eigenvalue weighted by Gasteiger charge is -2.55. The Morgan fingerprint density at radius 3 is 1.93 bits per heavy atom. The van der Waals surface area contributed by atoms with E-state index in [1.807, 2.05) is 0 Å². The maximum absolute atomic E-state index is 12.9. The standard InChI is InChI=1S/C20H24ClN3O4/c1-18(15(26)23-22-14(25)12-5-7-13(21)8-6-12)9-19(2)11-20(3,10-18)17(28)24(4)16(19)27/h5-8H,9-11H2,1-4H3,(H,22,25)(H,23,26). The molecule has 2 unspecified atom stereocenters. The summed E-state index contributed by atoms with van der Waals surface area (Å²) in [6.45, 7) is 5.33. The molecule has 7 nitrogen and oxygen atoms in total. The van der Waals surface area contributed by atoms with Crippen LogP contribution in [-0.2, 0) is 14.4 Å². The van der Waals surface area contributed by atoms with Crippen LogP contribution in [0, 0.1) is 16.2 Å². The lowest BCUT2D eigenvalue weighted by molar-refractivity contribution is -0.178. The van der Waals surface area contributed by atoms with E-state index in [-0.39, 0.29) is 11.8 Å². The monoisotopic (exact) mass is 405 g/mol. The van der Waals surface area contributed by atoms with E-state index < -0.39 is 28.1 Å². The third-order valence-corrected chi connectivity index (χ3v) is 6.18. The Morgan fingerprint density at radius 1 is 0.929 bits per heavy atom. The van der Waals surface area contributed by atoms with Crippen molar-refractivity contribution >= 4 is 35.2 Å². The van der Waals surface area contributed by atoms with E-state index in [1.165, 1.54) is 11.9 Å². The molecule has 0 radical (unpaired) electrons. The van der Waals surface area contributed by atoms with Crippen molar-refractivity contribution in [2.24, 2.45) is 16.2 Å². The van der Waals surface area contributed by atoms with Crippen molar-refractivity contribution in [3.63, 3.8) is 0 Å². The minimum absolute atomic E-state index is 0.265. The first kappa shape index (κ1) is 20.3. The van der Waals surface area contributed by atoms with Gasteiger partial charge in [-0.15, -0.1) is 0 Å². The minimum atomic E-state index is -0.971. The van der Waals surface area contributed by atoms with Crippen LogP contribution >= 0.6 is 11.6 Å². The average molecular weight is 406 g/mol. The van der Waals surface area contributed by atoms with E-state index in [4.69, 9.17) is 11.6 Å². The number of carbonyl (C=O) groups excluding carboxylic acids is 4. The average Bonchev–Trinajstić information content (AvgIpc) is 2.62. The zero-order valence-corrected chi connectivity index (χ0v) is 17.1. The molecule has 1 aromatic carbocycles. The summed E-state index contributed by atoms with van der Waals surface area (Å²) < 4.78 is 0. The largest absolute Gasteiger partial charge is 0.285 e. The summed E-state index contributed by atoms with van der Waals surface area (Å²) in [5, 5.41) is 0.502. The molecule has 2 fully saturated rings. The number of imide groups is 1. The molecule has 0 spiro atoms. The first-order valence-electron chi connectivity index (χ1n) is 9.09. The van der Waals surface area contributed by atoms with Gasteiger partial charge in [0.15, 0.2) is 0 Å². The smallest absolute Gasteiger partial charge is 0.269 e. The fourth-order valence-corrected chi connectivity index (χ4v) is 5.20. The van der Waals surface area contributed by atoms with Gasteiger partial charge in [0, 0.05) is 28.5 Å². The minimum Gasteiger partial charge on any atom is -0.285 e. The Bertz CT molecular complexity index is 839. The molecule has 2 atom stereocenters. The van der Waals surface area contributed by atoms with E-state index in [2.05, 4.69) is 10.9 Å². The lowest BCUT2D eigenvalue weighted by atomic mass is 9.51. The Labute approximate surface area is 168 Å². The molecule has 4 amide bonds. The molecule has 1 aromatic rings. The van der Waals surface area contributed by atoms with Crippen molar-refractivity contribution in [1.82, 2.24) is 15.8 Å². The molecular weight excluding hydrogens is 382 g/mol. The summed E-state index contributed by atoms with van der Waals surface area (Å²) in [4.78, 5) is 51.7. The number of hydrogen-bond acceptors (Lipinski definition) is 4. The summed E-state index contributed by atoms with van der Waals surface area (Å²) in [7, 11) is 1.50. The predicted octanol–water partition coefficient (Wildman–Crippen LogP) is 2.30. The topological polar surface area (TPSA) is 95.6 Å². The number of nitrogens with zero attached hydrogens (tertiary/aromatic N) is 1. The van der Waals surface area contributed by atoms with Crippen LogP contribution in [0.3, 0.4) is 0 Å². The molecule has 0 aromatic heterocycles. The van der Waals surface area contributed by atoms with Crippen LogP contribution in [-0.4, -0.2) is 35.6 Å². The number of halogens is 1. The van der Waals surface area contributed by atoms with Gasteiger partial charge in [-0.2, -0.15) is 0 Å². The molecule has 1 saturated heterocycles. The molecule has 1 aliphatic carbocycles. The fraction of sp³-hybridized carbons (Fsp3) is 0.500. The van der Waals surface area contributed by atoms with Gasteiger partial charge in [0.2, 0.25) is 17.7 Å². The summed E-state index contributed by atoms with van der Waals surface area (Å²) >= 11 is 5.81. The fourth-order valence-electron chi connectivity index (χ4n) is 5.07. The van der Waals surface area contributed by atoms with Crippen LogP contribution in [0.5, 0.6) is 0 Å². The quantitative estimate of drug-likeness (QED) is 0.583. The molecule has 150 valence electrons. The molecule has 2 N–H and O–H groups in total. The van der Waals surface area contributed by atoms with Gasteiger partial charge in [0.1, 0.15) is 0 Å². The summed E-state index contributed by atoms with van der Waals surface area (Å²) in [6, 6.07) is 6.26. The SMILES string of the molecule is CN1C(=O)C2(C)CC(C)(C(=O)NNC(=O)c3ccc(Cl)cc3)CC(C)(C2)C1=O. The number of rotatable bonds is 2. The lowest BCUT2D eigenvalue weighted by Crippen LogP contribution is -2.64. The van der Waals surface area contributed by atoms with Crippen LogP contribution in [0.4, 0.5) is 0 Å². The maximum Gasteiger partial charge on any atom is 0.269 e. The van der Waals surface area contributed by atoms with Crippen LogP contribution in [0.1, 0.15) is 50.4 Å². The number of amides is 4. The molecule has 8 heteroatoms. The first-order chi connectivity index (χ1) is 12.9. The van der Waals surface area contributed by atoms with Gasteiger partial charge >= 0.3 is 0 Å². The van der Waals surface area contributed by atoms with Crippen LogP contribution in [0.25, 0.3) is 0 Å². The Kier molecular flexibility index (Phi) is 4.78. The number of fused-ring (bicyclic) bond motifs is 2. The summed E-state index contributed by atoms with van der Waals surface area (Å²) in [6.07, 6.45) is 1.02. The third kappa shape index (κ3) is 3.28. The Hall–Kier alpha value is -2.41. The van der Waals surface area contributed by atoms with E-state index in [9.17, 15) is 19.2 Å². The number of piperidine rings is 1. The predicted molar refractivity (Wildman–Crippen MR) is 103 cm³/mol. The normalized spacial score (nSPS) is 32.1. The molecule has 28 heavy (non-hydrogen) atoms. The van der Waals surface area contributed by atoms with Crippen molar-refractivity contribution in [1.29, 1.82) is 0 Å². The second kappa shape index (κ2) is 6.58. The van der Waals surface area contributed by atoms with Crippen LogP contribution in [0.15, 0.2) is 24.3 Å². The van der Waals surface area contributed by atoms with Crippen molar-refractivity contribution in [2.45, 2.75) is 40.0 Å². The van der Waals surface area contributed by atoms with E-state index >= 15 is 0 Å². The van der Waals surface area contributed by atoms with Gasteiger partial charge < -0.3 is 0 Å². The van der Waals surface area contributed by atoms with Crippen LogP contribution < -0.4 is 10.9 Å². The second-order valence-corrected chi connectivity index (χ2v) is 9.23. The molecule has 2 aliphatic rings. The molecular formula is C20H24ClN3O4. The molecule has 2 bridgehead atoms. The number of hydrazine groups is 1. The van der Waals surface area contributed by atoms with Crippen molar-refractivity contribution in [3.05, 3.63) is 34.9 Å². The molecule has 1 saturated carbocycles. The number of likely N-dealkylation sites (tertiary alicyclic amines) is 1. The van der Waals surface area contributed by atoms with Gasteiger partial charge in [0.05, 0.1) is 5.41 Å². The molecule has 1 aliphatic heterocycles. The second-order valence-electron chi connectivity index (χ2n) is 8.80. The Morgan fingerprint density at radius 2 is 1.43 bits per heavy atom. The van der Waals surface area contributed by atoms with Crippen molar-refractivity contribution < 1.29 is 19.2 Å². The van der Waals surface area contributed by atoms with E-state index in [0.29, 0.717) is 29.8 Å². The summed E-state index contributed by atoms with van der Waals surface area (Å²) in [5.41, 5.74) is 2.63. The first-order valence-corrected chi connectivity index (χ1v) is 9.47. The van der Waals surface area contributed by atoms with E-state index in [1.54, 1.807) is 45.0 Å². The number of benzene rings is 1. The highest BCUT2D eigenvalue weighted by Gasteiger charge is 2.62. The zero-order valence-electron chi connectivity index (χ0n) is 16.4. The van der Waals surface area contributed by atoms with Crippen molar-refractivity contribution in [2.75, 3.05) is 7.05 Å². The number of nitrogens with one attached hydrogen (secondary N) is 2. The Balaban J connectivity index is 1.76. The van der Waals surface area contributed by atoms with Gasteiger partial charge in [0.25, 0.3) is 5.91 Å². The highest BCUT2D eigenvalue weighted by molar-refractivity contribution is 6.30.